The molecule has 3 heteroatoms. The summed E-state index contributed by atoms with van der Waals surface area (Å²) in [6, 6.07) is 6.38. The van der Waals surface area contributed by atoms with Crippen LogP contribution in [0.3, 0.4) is 0 Å². The van der Waals surface area contributed by atoms with Crippen LogP contribution in [0.4, 0.5) is 4.39 Å². The molecular weight excluding hydrogens is 241 g/mol. The summed E-state index contributed by atoms with van der Waals surface area (Å²) < 4.78 is 12.8. The Morgan fingerprint density at radius 1 is 1.32 bits per heavy atom. The van der Waals surface area contributed by atoms with E-state index in [2.05, 4.69) is 5.32 Å². The molecule has 1 aromatic rings. The van der Waals surface area contributed by atoms with E-state index in [0.717, 1.165) is 12.1 Å². The first-order valence-electron chi connectivity index (χ1n) is 7.17. The molecule has 2 nitrogen and oxygen atoms in total. The summed E-state index contributed by atoms with van der Waals surface area (Å²) in [5.41, 5.74) is 1.00. The molecule has 1 amide bonds. The van der Waals surface area contributed by atoms with Gasteiger partial charge in [-0.25, -0.2) is 4.39 Å². The maximum Gasteiger partial charge on any atom is 0.223 e. The molecule has 0 radical (unpaired) electrons. The van der Waals surface area contributed by atoms with E-state index in [9.17, 15) is 9.18 Å². The Labute approximate surface area is 114 Å². The van der Waals surface area contributed by atoms with Crippen LogP contribution in [-0.4, -0.2) is 12.5 Å². The summed E-state index contributed by atoms with van der Waals surface area (Å²) in [5, 5.41) is 3.04. The molecule has 1 N–H and O–H groups in total. The van der Waals surface area contributed by atoms with Crippen LogP contribution in [0.2, 0.25) is 0 Å². The van der Waals surface area contributed by atoms with Crippen molar-refractivity contribution in [1.82, 2.24) is 5.32 Å². The minimum absolute atomic E-state index is 0.0631. The van der Waals surface area contributed by atoms with Crippen LogP contribution in [0.5, 0.6) is 0 Å². The van der Waals surface area contributed by atoms with Gasteiger partial charge in [-0.15, -0.1) is 0 Å². The van der Waals surface area contributed by atoms with Crippen LogP contribution in [0.25, 0.3) is 0 Å². The van der Waals surface area contributed by atoms with Crippen LogP contribution in [0.1, 0.15) is 38.2 Å². The van der Waals surface area contributed by atoms with E-state index in [1.54, 1.807) is 12.1 Å². The lowest BCUT2D eigenvalue weighted by Gasteiger charge is -2.15. The molecule has 1 aliphatic carbocycles. The summed E-state index contributed by atoms with van der Waals surface area (Å²) in [5.74, 6) is 0.479. The molecule has 1 aromatic carbocycles. The van der Waals surface area contributed by atoms with Crippen molar-refractivity contribution in [1.29, 1.82) is 0 Å². The van der Waals surface area contributed by atoms with Gasteiger partial charge in [-0.05, 0) is 42.9 Å². The van der Waals surface area contributed by atoms with Crippen molar-refractivity contribution in [2.75, 3.05) is 6.54 Å². The van der Waals surface area contributed by atoms with Gasteiger partial charge < -0.3 is 5.32 Å². The molecule has 1 saturated carbocycles. The van der Waals surface area contributed by atoms with Crippen LogP contribution < -0.4 is 5.32 Å². The van der Waals surface area contributed by atoms with Gasteiger partial charge in [0, 0.05) is 12.5 Å². The molecule has 0 aliphatic heterocycles. The quantitative estimate of drug-likeness (QED) is 0.867. The molecule has 0 aromatic heterocycles. The van der Waals surface area contributed by atoms with Gasteiger partial charge in [-0.2, -0.15) is 0 Å². The molecule has 1 fully saturated rings. The number of hydrogen-bond donors (Lipinski definition) is 1. The lowest BCUT2D eigenvalue weighted by molar-refractivity contribution is -0.124. The Hall–Kier alpha value is -1.38. The molecule has 2 rings (SSSR count). The Balaban J connectivity index is 1.76. The van der Waals surface area contributed by atoms with Crippen molar-refractivity contribution in [3.8, 4) is 0 Å². The van der Waals surface area contributed by atoms with Crippen molar-refractivity contribution in [3.05, 3.63) is 35.6 Å². The minimum atomic E-state index is -0.234. The highest BCUT2D eigenvalue weighted by Crippen LogP contribution is 2.23. The van der Waals surface area contributed by atoms with Crippen LogP contribution >= 0.6 is 0 Å². The van der Waals surface area contributed by atoms with Gasteiger partial charge >= 0.3 is 0 Å². The fourth-order valence-corrected chi connectivity index (χ4v) is 2.70. The highest BCUT2D eigenvalue weighted by atomic mass is 19.1. The van der Waals surface area contributed by atoms with E-state index < -0.39 is 0 Å². The summed E-state index contributed by atoms with van der Waals surface area (Å²) in [6.07, 6.45) is 5.74. The molecule has 0 bridgehead atoms. The second-order valence-corrected chi connectivity index (χ2v) is 5.63. The molecule has 1 aliphatic rings. The van der Waals surface area contributed by atoms with Crippen molar-refractivity contribution in [2.45, 2.75) is 39.0 Å². The van der Waals surface area contributed by atoms with Gasteiger partial charge in [0.1, 0.15) is 5.82 Å². The van der Waals surface area contributed by atoms with Gasteiger partial charge in [0.2, 0.25) is 5.91 Å². The van der Waals surface area contributed by atoms with Crippen LogP contribution in [0.15, 0.2) is 24.3 Å². The van der Waals surface area contributed by atoms with E-state index in [-0.39, 0.29) is 17.6 Å². The number of hydrogen-bond acceptors (Lipinski definition) is 1. The van der Waals surface area contributed by atoms with Gasteiger partial charge in [0.05, 0.1) is 0 Å². The predicted molar refractivity (Wildman–Crippen MR) is 74.2 cm³/mol. The molecule has 0 saturated heterocycles. The van der Waals surface area contributed by atoms with Crippen molar-refractivity contribution >= 4 is 5.91 Å². The Bertz CT molecular complexity index is 409. The summed E-state index contributed by atoms with van der Waals surface area (Å²) >= 11 is 0. The van der Waals surface area contributed by atoms with Crippen molar-refractivity contribution < 1.29 is 9.18 Å². The lowest BCUT2D eigenvalue weighted by Crippen LogP contribution is -2.33. The molecule has 1 atom stereocenters. The fourth-order valence-electron chi connectivity index (χ4n) is 2.70. The monoisotopic (exact) mass is 263 g/mol. The first kappa shape index (κ1) is 14.0. The van der Waals surface area contributed by atoms with Gasteiger partial charge in [-0.3, -0.25) is 4.79 Å². The Morgan fingerprint density at radius 3 is 2.58 bits per heavy atom. The zero-order valence-electron chi connectivity index (χ0n) is 11.5. The molecule has 1 unspecified atom stereocenters. The van der Waals surface area contributed by atoms with E-state index >= 15 is 0 Å². The average Bonchev–Trinajstić information content (AvgIpc) is 2.91. The summed E-state index contributed by atoms with van der Waals surface area (Å²) in [4.78, 5) is 12.0. The second kappa shape index (κ2) is 6.69. The Morgan fingerprint density at radius 2 is 1.95 bits per heavy atom. The predicted octanol–water partition coefficient (Wildman–Crippen LogP) is 3.31. The lowest BCUT2D eigenvalue weighted by atomic mass is 10.00. The van der Waals surface area contributed by atoms with Crippen LogP contribution in [0, 0.1) is 17.7 Å². The van der Waals surface area contributed by atoms with E-state index in [0.29, 0.717) is 12.3 Å². The fraction of sp³-hybridized carbons (Fsp3) is 0.562. The molecule has 104 valence electrons. The molecule has 0 heterocycles. The highest BCUT2D eigenvalue weighted by Gasteiger charge is 2.18. The van der Waals surface area contributed by atoms with E-state index in [1.165, 1.54) is 37.8 Å². The second-order valence-electron chi connectivity index (χ2n) is 5.63. The number of halogens is 1. The zero-order chi connectivity index (χ0) is 13.7. The third-order valence-corrected chi connectivity index (χ3v) is 3.94. The van der Waals surface area contributed by atoms with Gasteiger partial charge in [0.25, 0.3) is 0 Å². The topological polar surface area (TPSA) is 29.1 Å². The molecule has 19 heavy (non-hydrogen) atoms. The third-order valence-electron chi connectivity index (χ3n) is 3.94. The normalized spacial score (nSPS) is 17.4. The number of benzene rings is 1. The van der Waals surface area contributed by atoms with Crippen molar-refractivity contribution in [2.24, 2.45) is 11.8 Å². The zero-order valence-corrected chi connectivity index (χ0v) is 11.5. The minimum Gasteiger partial charge on any atom is -0.356 e. The number of carbonyl (C=O) groups is 1. The number of amides is 1. The number of rotatable bonds is 5. The average molecular weight is 263 g/mol. The standard InChI is InChI=1S/C16H22FNO/c1-12(10-13-6-8-15(17)9-7-13)16(19)18-11-14-4-2-3-5-14/h6-9,12,14H,2-5,10-11H2,1H3,(H,18,19). The Kier molecular flexibility index (Phi) is 4.94. The van der Waals surface area contributed by atoms with Crippen LogP contribution in [-0.2, 0) is 11.2 Å². The van der Waals surface area contributed by atoms with Crippen molar-refractivity contribution in [3.63, 3.8) is 0 Å². The smallest absolute Gasteiger partial charge is 0.223 e. The number of carbonyl (C=O) groups excluding carboxylic acids is 1. The third kappa shape index (κ3) is 4.34. The molecular formula is C16H22FNO. The molecule has 0 spiro atoms. The van der Waals surface area contributed by atoms with E-state index in [4.69, 9.17) is 0 Å². The largest absolute Gasteiger partial charge is 0.356 e. The first-order valence-corrected chi connectivity index (χ1v) is 7.17. The first-order chi connectivity index (χ1) is 9.15. The van der Waals surface area contributed by atoms with Gasteiger partial charge in [0.15, 0.2) is 0 Å². The summed E-state index contributed by atoms with van der Waals surface area (Å²) in [6.45, 7) is 2.74. The summed E-state index contributed by atoms with van der Waals surface area (Å²) in [7, 11) is 0. The van der Waals surface area contributed by atoms with E-state index in [1.807, 2.05) is 6.92 Å². The maximum atomic E-state index is 12.8. The maximum absolute atomic E-state index is 12.8. The highest BCUT2D eigenvalue weighted by molar-refractivity contribution is 5.78. The number of nitrogens with one attached hydrogen (secondary N) is 1. The van der Waals surface area contributed by atoms with Gasteiger partial charge in [-0.1, -0.05) is 31.9 Å². The SMILES string of the molecule is CC(Cc1ccc(F)cc1)C(=O)NCC1CCCC1.